The van der Waals surface area contributed by atoms with E-state index >= 15 is 0 Å². The van der Waals surface area contributed by atoms with E-state index in [1.165, 1.54) is 69.8 Å². The monoisotopic (exact) mass is 445 g/mol. The van der Waals surface area contributed by atoms with Crippen molar-refractivity contribution in [3.63, 3.8) is 0 Å². The van der Waals surface area contributed by atoms with E-state index in [0.29, 0.717) is 22.8 Å². The quantitative estimate of drug-likeness (QED) is 0.198. The molecule has 176 valence electrons. The van der Waals surface area contributed by atoms with Gasteiger partial charge in [0.05, 0.1) is 11.1 Å². The Kier molecular flexibility index (Phi) is 10.0. The van der Waals surface area contributed by atoms with E-state index in [4.69, 9.17) is 4.74 Å². The molecular weight excluding hydrogens is 406 g/mol. The van der Waals surface area contributed by atoms with Crippen LogP contribution in [0.5, 0.6) is 5.75 Å². The minimum atomic E-state index is -0.406. The Hall–Kier alpha value is -2.60. The van der Waals surface area contributed by atoms with Crippen LogP contribution >= 0.6 is 0 Å². The Labute approximate surface area is 200 Å². The number of hydrogen-bond acceptors (Lipinski definition) is 3. The van der Waals surface area contributed by atoms with Crippen LogP contribution in [-0.4, -0.2) is 5.97 Å². The fraction of sp³-hybridized carbons (Fsp3) is 0.533. The molecular formula is C30H39NO2. The van der Waals surface area contributed by atoms with Gasteiger partial charge in [0.1, 0.15) is 11.8 Å². The van der Waals surface area contributed by atoms with Crippen LogP contribution in [0.2, 0.25) is 0 Å². The highest BCUT2D eigenvalue weighted by Crippen LogP contribution is 2.37. The highest BCUT2D eigenvalue weighted by Gasteiger charge is 2.22. The molecule has 1 saturated carbocycles. The largest absolute Gasteiger partial charge is 0.422 e. The zero-order valence-corrected chi connectivity index (χ0v) is 20.4. The first-order chi connectivity index (χ1) is 16.1. The molecule has 0 spiro atoms. The number of nitrogens with zero attached hydrogens (tertiary/aromatic N) is 1. The number of unbranched alkanes of at least 4 members (excludes halogenated alkanes) is 4. The summed E-state index contributed by atoms with van der Waals surface area (Å²) in [5, 5.41) is 9.54. The van der Waals surface area contributed by atoms with E-state index < -0.39 is 5.97 Å². The second-order valence-corrected chi connectivity index (χ2v) is 9.62. The number of hydrogen-bond donors (Lipinski definition) is 0. The van der Waals surface area contributed by atoms with Crippen LogP contribution in [0.4, 0.5) is 0 Å². The van der Waals surface area contributed by atoms with Crippen molar-refractivity contribution >= 4 is 5.97 Å². The Bertz CT molecular complexity index is 917. The molecule has 1 aliphatic rings. The molecule has 0 aliphatic heterocycles. The summed E-state index contributed by atoms with van der Waals surface area (Å²) in [7, 11) is 0. The number of esters is 1. The number of benzene rings is 2. The first-order valence-corrected chi connectivity index (χ1v) is 13.0. The van der Waals surface area contributed by atoms with Gasteiger partial charge in [-0.1, -0.05) is 70.6 Å². The number of nitriles is 1. The third-order valence-electron chi connectivity index (χ3n) is 7.12. The number of carbonyl (C=O) groups excluding carboxylic acids is 1. The van der Waals surface area contributed by atoms with Gasteiger partial charge >= 0.3 is 5.97 Å². The van der Waals surface area contributed by atoms with Gasteiger partial charge in [-0.15, -0.1) is 0 Å². The fourth-order valence-corrected chi connectivity index (χ4v) is 4.99. The molecule has 0 bridgehead atoms. The van der Waals surface area contributed by atoms with Gasteiger partial charge < -0.3 is 4.74 Å². The molecule has 0 N–H and O–H groups in total. The third-order valence-corrected chi connectivity index (χ3v) is 7.12. The van der Waals surface area contributed by atoms with Crippen molar-refractivity contribution in [2.45, 2.75) is 96.8 Å². The topological polar surface area (TPSA) is 50.1 Å². The van der Waals surface area contributed by atoms with Gasteiger partial charge in [0.25, 0.3) is 0 Å². The van der Waals surface area contributed by atoms with E-state index in [1.54, 1.807) is 6.07 Å². The highest BCUT2D eigenvalue weighted by molar-refractivity contribution is 5.91. The minimum Gasteiger partial charge on any atom is -0.422 e. The van der Waals surface area contributed by atoms with Crippen molar-refractivity contribution in [1.29, 1.82) is 5.26 Å². The summed E-state index contributed by atoms with van der Waals surface area (Å²) in [6, 6.07) is 15.7. The lowest BCUT2D eigenvalue weighted by molar-refractivity contribution is 0.0734. The van der Waals surface area contributed by atoms with Crippen LogP contribution in [0.25, 0.3) is 0 Å². The molecule has 33 heavy (non-hydrogen) atoms. The first-order valence-electron chi connectivity index (χ1n) is 13.0. The molecule has 1 fully saturated rings. The van der Waals surface area contributed by atoms with Gasteiger partial charge in [0.2, 0.25) is 0 Å². The van der Waals surface area contributed by atoms with Gasteiger partial charge in [0.15, 0.2) is 0 Å². The van der Waals surface area contributed by atoms with Gasteiger partial charge in [-0.25, -0.2) is 4.79 Å². The minimum absolute atomic E-state index is 0.342. The molecule has 2 aromatic rings. The molecule has 0 radical (unpaired) electrons. The van der Waals surface area contributed by atoms with Crippen LogP contribution in [0.3, 0.4) is 0 Å². The smallest absolute Gasteiger partial charge is 0.343 e. The maximum absolute atomic E-state index is 12.7. The lowest BCUT2D eigenvalue weighted by atomic mass is 9.77. The molecule has 0 saturated heterocycles. The van der Waals surface area contributed by atoms with Crippen LogP contribution in [0, 0.1) is 17.2 Å². The Morgan fingerprint density at radius 2 is 1.67 bits per heavy atom. The normalized spacial score (nSPS) is 18.0. The number of rotatable bonds is 11. The molecule has 0 atom stereocenters. The summed E-state index contributed by atoms with van der Waals surface area (Å²) in [5.74, 6) is 1.43. The summed E-state index contributed by atoms with van der Waals surface area (Å²) in [6.07, 6.45) is 14.8. The first kappa shape index (κ1) is 25.0. The lowest BCUT2D eigenvalue weighted by Crippen LogP contribution is -2.14. The summed E-state index contributed by atoms with van der Waals surface area (Å²) in [4.78, 5) is 12.7. The molecule has 3 nitrogen and oxygen atoms in total. The van der Waals surface area contributed by atoms with Crippen molar-refractivity contribution in [2.75, 3.05) is 0 Å². The predicted octanol–water partition coefficient (Wildman–Crippen LogP) is 8.36. The third kappa shape index (κ3) is 7.46. The molecule has 0 aromatic heterocycles. The number of carbonyl (C=O) groups is 1. The van der Waals surface area contributed by atoms with Crippen LogP contribution in [-0.2, 0) is 6.42 Å². The van der Waals surface area contributed by atoms with E-state index in [1.807, 2.05) is 24.3 Å². The van der Waals surface area contributed by atoms with Crippen molar-refractivity contribution in [3.05, 3.63) is 64.7 Å². The number of aryl methyl sites for hydroxylation is 1. The van der Waals surface area contributed by atoms with E-state index in [-0.39, 0.29) is 0 Å². The van der Waals surface area contributed by atoms with E-state index in [2.05, 4.69) is 32.0 Å². The second kappa shape index (κ2) is 13.2. The Morgan fingerprint density at radius 3 is 2.33 bits per heavy atom. The molecule has 1 aliphatic carbocycles. The fourth-order valence-electron chi connectivity index (χ4n) is 4.99. The summed E-state index contributed by atoms with van der Waals surface area (Å²) in [5.41, 5.74) is 3.40. The standard InChI is InChI=1S/C30H39NO2/c1-3-5-7-8-10-24-13-20-29(28(21-24)22-31)33-30(32)27-18-16-26(17-19-27)25-14-11-23(12-15-25)9-6-4-2/h13,16-21,23,25H,3-12,14-15H2,1-2H3. The zero-order chi connectivity index (χ0) is 23.5. The SMILES string of the molecule is CCCCCCc1ccc(OC(=O)c2ccc(C3CCC(CCCC)CC3)cc2)c(C#N)c1. The van der Waals surface area contributed by atoms with Gasteiger partial charge in [0, 0.05) is 0 Å². The molecule has 2 aromatic carbocycles. The molecule has 0 unspecified atom stereocenters. The van der Waals surface area contributed by atoms with Crippen LogP contribution < -0.4 is 4.74 Å². The lowest BCUT2D eigenvalue weighted by Gasteiger charge is -2.28. The maximum atomic E-state index is 12.7. The average molecular weight is 446 g/mol. The van der Waals surface area contributed by atoms with E-state index in [0.717, 1.165) is 24.3 Å². The van der Waals surface area contributed by atoms with Crippen LogP contribution in [0.1, 0.15) is 117 Å². The summed E-state index contributed by atoms with van der Waals surface area (Å²) < 4.78 is 5.60. The predicted molar refractivity (Wildman–Crippen MR) is 135 cm³/mol. The second-order valence-electron chi connectivity index (χ2n) is 9.62. The van der Waals surface area contributed by atoms with Crippen molar-refractivity contribution < 1.29 is 9.53 Å². The van der Waals surface area contributed by atoms with Crippen molar-refractivity contribution in [1.82, 2.24) is 0 Å². The highest BCUT2D eigenvalue weighted by atomic mass is 16.5. The van der Waals surface area contributed by atoms with Crippen LogP contribution in [0.15, 0.2) is 42.5 Å². The van der Waals surface area contributed by atoms with Gasteiger partial charge in [-0.05, 0) is 85.8 Å². The summed E-state index contributed by atoms with van der Waals surface area (Å²) >= 11 is 0. The zero-order valence-electron chi connectivity index (χ0n) is 20.4. The Balaban J connectivity index is 1.56. The van der Waals surface area contributed by atoms with Crippen molar-refractivity contribution in [3.8, 4) is 11.8 Å². The number of ether oxygens (including phenoxy) is 1. The Morgan fingerprint density at radius 1 is 0.939 bits per heavy atom. The van der Waals surface area contributed by atoms with Gasteiger partial charge in [-0.2, -0.15) is 5.26 Å². The maximum Gasteiger partial charge on any atom is 0.343 e. The van der Waals surface area contributed by atoms with Crippen molar-refractivity contribution in [2.24, 2.45) is 5.92 Å². The molecule has 0 amide bonds. The molecule has 0 heterocycles. The van der Waals surface area contributed by atoms with E-state index in [9.17, 15) is 10.1 Å². The average Bonchev–Trinajstić information content (AvgIpc) is 2.86. The summed E-state index contributed by atoms with van der Waals surface area (Å²) in [6.45, 7) is 4.47. The molecule has 3 heteroatoms. The molecule has 3 rings (SSSR count). The van der Waals surface area contributed by atoms with Gasteiger partial charge in [-0.3, -0.25) is 0 Å².